The molecule has 0 aliphatic carbocycles. The van der Waals surface area contributed by atoms with E-state index in [0.29, 0.717) is 44.8 Å². The van der Waals surface area contributed by atoms with Crippen LogP contribution in [-0.4, -0.2) is 46.5 Å². The van der Waals surface area contributed by atoms with E-state index in [9.17, 15) is 22.8 Å². The highest BCUT2D eigenvalue weighted by Gasteiger charge is 2.30. The molecule has 5 nitrogen and oxygen atoms in total. The summed E-state index contributed by atoms with van der Waals surface area (Å²) in [6.07, 6.45) is -2.44. The highest BCUT2D eigenvalue weighted by molar-refractivity contribution is 5.76. The predicted octanol–water partition coefficient (Wildman–Crippen LogP) is 2.60. The lowest BCUT2D eigenvalue weighted by Crippen LogP contribution is -2.48. The number of carbonyl (C=O) groups is 1. The minimum Gasteiger partial charge on any atom is -0.340 e. The third-order valence-corrected chi connectivity index (χ3v) is 4.85. The van der Waals surface area contributed by atoms with Crippen LogP contribution in [0.15, 0.2) is 53.5 Å². The van der Waals surface area contributed by atoms with Gasteiger partial charge in [0.15, 0.2) is 0 Å². The van der Waals surface area contributed by atoms with Gasteiger partial charge in [-0.3, -0.25) is 14.5 Å². The number of carbonyl (C=O) groups excluding carboxylic acids is 1. The number of aryl methyl sites for hydroxylation is 1. The van der Waals surface area contributed by atoms with E-state index in [2.05, 4.69) is 0 Å². The molecule has 28 heavy (non-hydrogen) atoms. The van der Waals surface area contributed by atoms with E-state index in [1.807, 2.05) is 4.90 Å². The Morgan fingerprint density at radius 1 is 1.00 bits per heavy atom. The van der Waals surface area contributed by atoms with Gasteiger partial charge in [0, 0.05) is 58.0 Å². The number of pyridine rings is 1. The molecule has 1 saturated heterocycles. The molecule has 0 N–H and O–H groups in total. The van der Waals surface area contributed by atoms with Crippen LogP contribution >= 0.6 is 0 Å². The molecule has 1 aliphatic heterocycles. The van der Waals surface area contributed by atoms with Gasteiger partial charge in [-0.15, -0.1) is 0 Å². The summed E-state index contributed by atoms with van der Waals surface area (Å²) < 4.78 is 40.0. The summed E-state index contributed by atoms with van der Waals surface area (Å²) >= 11 is 0. The van der Waals surface area contributed by atoms with Crippen LogP contribution in [0.2, 0.25) is 0 Å². The zero-order valence-electron chi connectivity index (χ0n) is 15.4. The van der Waals surface area contributed by atoms with Crippen molar-refractivity contribution in [3.63, 3.8) is 0 Å². The van der Waals surface area contributed by atoms with Crippen LogP contribution in [0.1, 0.15) is 17.5 Å². The van der Waals surface area contributed by atoms with Gasteiger partial charge in [-0.25, -0.2) is 0 Å². The first kappa shape index (κ1) is 20.1. The predicted molar refractivity (Wildman–Crippen MR) is 98.6 cm³/mol. The van der Waals surface area contributed by atoms with Gasteiger partial charge < -0.3 is 9.47 Å². The molecule has 150 valence electrons. The summed E-state index contributed by atoms with van der Waals surface area (Å²) in [6, 6.07) is 10.2. The fourth-order valence-electron chi connectivity index (χ4n) is 3.28. The van der Waals surface area contributed by atoms with Gasteiger partial charge in [-0.05, 0) is 17.7 Å². The van der Waals surface area contributed by atoms with Crippen molar-refractivity contribution in [3.8, 4) is 0 Å². The van der Waals surface area contributed by atoms with Crippen molar-refractivity contribution in [1.82, 2.24) is 14.4 Å². The van der Waals surface area contributed by atoms with Crippen LogP contribution in [-0.2, 0) is 24.1 Å². The molecule has 2 heterocycles. The molecule has 0 bridgehead atoms. The Hall–Kier alpha value is -2.61. The number of piperazine rings is 1. The summed E-state index contributed by atoms with van der Waals surface area (Å²) in [5.41, 5.74) is -0.172. The second-order valence-electron chi connectivity index (χ2n) is 6.84. The van der Waals surface area contributed by atoms with Crippen LogP contribution in [0.25, 0.3) is 0 Å². The van der Waals surface area contributed by atoms with Crippen LogP contribution in [0.4, 0.5) is 13.2 Å². The molecule has 0 atom stereocenters. The quantitative estimate of drug-likeness (QED) is 0.785. The lowest BCUT2D eigenvalue weighted by molar-refractivity contribution is -0.137. The standard InChI is InChI=1S/C20H22F3N3O2/c21-20(22,23)17-5-3-4-16(14-17)15-24-10-12-26(13-11-24)19(28)7-9-25-8-2-1-6-18(25)27/h1-6,8,14H,7,9-13,15H2. The molecule has 1 amide bonds. The van der Waals surface area contributed by atoms with E-state index in [-0.39, 0.29) is 17.9 Å². The van der Waals surface area contributed by atoms with Gasteiger partial charge in [-0.1, -0.05) is 24.3 Å². The van der Waals surface area contributed by atoms with Gasteiger partial charge in [0.1, 0.15) is 0 Å². The van der Waals surface area contributed by atoms with E-state index in [1.165, 1.54) is 22.8 Å². The Labute approximate surface area is 161 Å². The van der Waals surface area contributed by atoms with Crippen molar-refractivity contribution in [2.45, 2.75) is 25.7 Å². The highest BCUT2D eigenvalue weighted by Crippen LogP contribution is 2.29. The van der Waals surface area contributed by atoms with Crippen molar-refractivity contribution in [1.29, 1.82) is 0 Å². The Balaban J connectivity index is 1.48. The average Bonchev–Trinajstić information content (AvgIpc) is 2.67. The smallest absolute Gasteiger partial charge is 0.340 e. The van der Waals surface area contributed by atoms with Crippen molar-refractivity contribution in [2.24, 2.45) is 0 Å². The number of halogens is 3. The van der Waals surface area contributed by atoms with Crippen molar-refractivity contribution >= 4 is 5.91 Å². The maximum atomic E-state index is 12.8. The van der Waals surface area contributed by atoms with Crippen LogP contribution in [0.5, 0.6) is 0 Å². The maximum absolute atomic E-state index is 12.8. The van der Waals surface area contributed by atoms with Gasteiger partial charge in [0.25, 0.3) is 5.56 Å². The normalized spacial score (nSPS) is 15.6. The van der Waals surface area contributed by atoms with E-state index >= 15 is 0 Å². The Morgan fingerprint density at radius 3 is 2.43 bits per heavy atom. The van der Waals surface area contributed by atoms with Crippen LogP contribution in [0.3, 0.4) is 0 Å². The van der Waals surface area contributed by atoms with E-state index in [1.54, 1.807) is 29.3 Å². The monoisotopic (exact) mass is 393 g/mol. The zero-order chi connectivity index (χ0) is 20.1. The number of nitrogens with zero attached hydrogens (tertiary/aromatic N) is 3. The molecule has 1 fully saturated rings. The van der Waals surface area contributed by atoms with Gasteiger partial charge in [0.05, 0.1) is 5.56 Å². The molecular weight excluding hydrogens is 371 g/mol. The second-order valence-corrected chi connectivity index (χ2v) is 6.84. The lowest BCUT2D eigenvalue weighted by Gasteiger charge is -2.35. The largest absolute Gasteiger partial charge is 0.416 e. The second kappa shape index (κ2) is 8.60. The van der Waals surface area contributed by atoms with Crippen LogP contribution < -0.4 is 5.56 Å². The summed E-state index contributed by atoms with van der Waals surface area (Å²) in [5.74, 6) is -0.0190. The lowest BCUT2D eigenvalue weighted by atomic mass is 10.1. The molecule has 0 saturated carbocycles. The summed E-state index contributed by atoms with van der Waals surface area (Å²) in [7, 11) is 0. The first-order valence-corrected chi connectivity index (χ1v) is 9.15. The maximum Gasteiger partial charge on any atom is 0.416 e. The number of rotatable bonds is 5. The fourth-order valence-corrected chi connectivity index (χ4v) is 3.28. The zero-order valence-corrected chi connectivity index (χ0v) is 15.4. The van der Waals surface area contributed by atoms with Crippen LogP contribution in [0, 0.1) is 0 Å². The van der Waals surface area contributed by atoms with Crippen molar-refractivity contribution in [2.75, 3.05) is 26.2 Å². The SMILES string of the molecule is O=C(CCn1ccccc1=O)N1CCN(Cc2cccc(C(F)(F)F)c2)CC1. The number of amides is 1. The summed E-state index contributed by atoms with van der Waals surface area (Å²) in [4.78, 5) is 27.8. The molecule has 8 heteroatoms. The summed E-state index contributed by atoms with van der Waals surface area (Å²) in [5, 5.41) is 0. The minimum absolute atomic E-state index is 0.0190. The number of benzene rings is 1. The van der Waals surface area contributed by atoms with Crippen molar-refractivity contribution in [3.05, 3.63) is 70.1 Å². The average molecular weight is 393 g/mol. The number of aromatic nitrogens is 1. The molecule has 1 aromatic heterocycles. The van der Waals surface area contributed by atoms with Gasteiger partial charge in [-0.2, -0.15) is 13.2 Å². The van der Waals surface area contributed by atoms with E-state index in [0.717, 1.165) is 6.07 Å². The van der Waals surface area contributed by atoms with Gasteiger partial charge in [0.2, 0.25) is 5.91 Å². The Kier molecular flexibility index (Phi) is 6.18. The number of hydrogen-bond donors (Lipinski definition) is 0. The fraction of sp³-hybridized carbons (Fsp3) is 0.400. The molecule has 0 unspecified atom stereocenters. The molecule has 1 aliphatic rings. The van der Waals surface area contributed by atoms with E-state index in [4.69, 9.17) is 0 Å². The molecule has 0 radical (unpaired) electrons. The molecule has 1 aromatic carbocycles. The number of hydrogen-bond acceptors (Lipinski definition) is 3. The molecule has 2 aromatic rings. The Bertz CT molecular complexity index is 871. The molecule has 0 spiro atoms. The number of alkyl halides is 3. The third-order valence-electron chi connectivity index (χ3n) is 4.85. The Morgan fingerprint density at radius 2 is 1.75 bits per heavy atom. The van der Waals surface area contributed by atoms with Gasteiger partial charge >= 0.3 is 6.18 Å². The highest BCUT2D eigenvalue weighted by atomic mass is 19.4. The third kappa shape index (κ3) is 5.22. The minimum atomic E-state index is -4.35. The topological polar surface area (TPSA) is 45.6 Å². The summed E-state index contributed by atoms with van der Waals surface area (Å²) in [6.45, 7) is 3.03. The molecule has 3 rings (SSSR count). The first-order chi connectivity index (χ1) is 13.3. The van der Waals surface area contributed by atoms with E-state index < -0.39 is 11.7 Å². The van der Waals surface area contributed by atoms with Crippen molar-refractivity contribution < 1.29 is 18.0 Å². The first-order valence-electron chi connectivity index (χ1n) is 9.15. The molecular formula is C20H22F3N3O2.